The fourth-order valence-electron chi connectivity index (χ4n) is 2.22. The smallest absolute Gasteiger partial charge is 0.176 e. The Kier molecular flexibility index (Phi) is 4.27. The minimum Gasteiger partial charge on any atom is -0.316 e. The molecule has 18 heavy (non-hydrogen) atoms. The van der Waals surface area contributed by atoms with Crippen molar-refractivity contribution >= 4 is 15.9 Å². The van der Waals surface area contributed by atoms with Crippen LogP contribution in [0.15, 0.2) is 4.47 Å². The Bertz CT molecular complexity index is 429. The van der Waals surface area contributed by atoms with E-state index >= 15 is 0 Å². The molecule has 1 saturated heterocycles. The molecule has 1 atom stereocenters. The fourth-order valence-corrected chi connectivity index (χ4v) is 2.56. The van der Waals surface area contributed by atoms with E-state index in [0.29, 0.717) is 6.54 Å². The van der Waals surface area contributed by atoms with Crippen LogP contribution in [-0.4, -0.2) is 13.1 Å². The molecule has 0 saturated carbocycles. The lowest BCUT2D eigenvalue weighted by molar-refractivity contribution is 0.356. The molecule has 1 aliphatic rings. The van der Waals surface area contributed by atoms with E-state index in [1.54, 1.807) is 0 Å². The van der Waals surface area contributed by atoms with Crippen LogP contribution < -0.4 is 5.32 Å². The van der Waals surface area contributed by atoms with Crippen LogP contribution in [0.4, 0.5) is 17.6 Å². The lowest BCUT2D eigenvalue weighted by Crippen LogP contribution is -2.31. The van der Waals surface area contributed by atoms with Crippen LogP contribution in [0.3, 0.4) is 0 Å². The predicted octanol–water partition coefficient (Wildman–Crippen LogP) is 3.55. The van der Waals surface area contributed by atoms with Crippen LogP contribution in [0.2, 0.25) is 0 Å². The number of halogens is 5. The van der Waals surface area contributed by atoms with Gasteiger partial charge in [-0.2, -0.15) is 0 Å². The van der Waals surface area contributed by atoms with Crippen molar-refractivity contribution in [2.24, 2.45) is 5.92 Å². The first-order chi connectivity index (χ1) is 8.52. The number of hydrogen-bond donors (Lipinski definition) is 1. The van der Waals surface area contributed by atoms with E-state index in [0.717, 1.165) is 19.4 Å². The average Bonchev–Trinajstić information content (AvgIpc) is 2.40. The summed E-state index contributed by atoms with van der Waals surface area (Å²) in [6, 6.07) is 0. The van der Waals surface area contributed by atoms with Gasteiger partial charge in [0.15, 0.2) is 23.3 Å². The van der Waals surface area contributed by atoms with Crippen molar-refractivity contribution in [2.45, 2.75) is 19.3 Å². The fraction of sp³-hybridized carbons (Fsp3) is 0.500. The van der Waals surface area contributed by atoms with Crippen molar-refractivity contribution in [3.63, 3.8) is 0 Å². The summed E-state index contributed by atoms with van der Waals surface area (Å²) < 4.78 is 53.1. The first-order valence-corrected chi connectivity index (χ1v) is 6.52. The molecule has 1 heterocycles. The third-order valence-electron chi connectivity index (χ3n) is 3.19. The maximum atomic E-state index is 13.6. The van der Waals surface area contributed by atoms with Gasteiger partial charge in [-0.1, -0.05) is 0 Å². The number of benzene rings is 1. The zero-order chi connectivity index (χ0) is 13.3. The lowest BCUT2D eigenvalue weighted by Gasteiger charge is -2.23. The normalized spacial score (nSPS) is 20.2. The van der Waals surface area contributed by atoms with Crippen LogP contribution in [0.5, 0.6) is 0 Å². The molecule has 1 nitrogen and oxygen atoms in total. The van der Waals surface area contributed by atoms with E-state index in [2.05, 4.69) is 21.2 Å². The van der Waals surface area contributed by atoms with E-state index in [1.165, 1.54) is 0 Å². The van der Waals surface area contributed by atoms with E-state index in [1.807, 2.05) is 0 Å². The molecule has 0 amide bonds. The summed E-state index contributed by atoms with van der Waals surface area (Å²) in [7, 11) is 0. The van der Waals surface area contributed by atoms with Gasteiger partial charge >= 0.3 is 0 Å². The predicted molar refractivity (Wildman–Crippen MR) is 63.3 cm³/mol. The first kappa shape index (κ1) is 13.8. The second kappa shape index (κ2) is 5.57. The monoisotopic (exact) mass is 325 g/mol. The van der Waals surface area contributed by atoms with Gasteiger partial charge in [0.2, 0.25) is 0 Å². The molecule has 0 aliphatic carbocycles. The molecule has 0 bridgehead atoms. The molecule has 100 valence electrons. The van der Waals surface area contributed by atoms with Gasteiger partial charge < -0.3 is 5.32 Å². The van der Waals surface area contributed by atoms with E-state index in [4.69, 9.17) is 0 Å². The van der Waals surface area contributed by atoms with Crippen molar-refractivity contribution in [2.75, 3.05) is 13.1 Å². The van der Waals surface area contributed by atoms with Gasteiger partial charge in [-0.25, -0.2) is 17.6 Å². The van der Waals surface area contributed by atoms with Crippen molar-refractivity contribution < 1.29 is 17.6 Å². The Morgan fingerprint density at radius 1 is 1.06 bits per heavy atom. The van der Waals surface area contributed by atoms with Gasteiger partial charge in [0.25, 0.3) is 0 Å². The molecule has 0 aromatic heterocycles. The highest BCUT2D eigenvalue weighted by Gasteiger charge is 2.26. The Labute approximate surface area is 111 Å². The summed E-state index contributed by atoms with van der Waals surface area (Å²) in [6.45, 7) is 1.47. The van der Waals surface area contributed by atoms with Crippen LogP contribution in [0.1, 0.15) is 18.4 Å². The molecule has 1 fully saturated rings. The summed E-state index contributed by atoms with van der Waals surface area (Å²) >= 11 is 2.50. The minimum atomic E-state index is -1.37. The van der Waals surface area contributed by atoms with Crippen molar-refractivity contribution in [1.29, 1.82) is 0 Å². The quantitative estimate of drug-likeness (QED) is 0.498. The highest BCUT2D eigenvalue weighted by molar-refractivity contribution is 9.10. The maximum Gasteiger partial charge on any atom is 0.176 e. The number of nitrogens with one attached hydrogen (secondary N) is 1. The van der Waals surface area contributed by atoms with Crippen LogP contribution in [0.25, 0.3) is 0 Å². The number of piperidine rings is 1. The van der Waals surface area contributed by atoms with Gasteiger partial charge in [0, 0.05) is 5.56 Å². The van der Waals surface area contributed by atoms with E-state index in [-0.39, 0.29) is 12.3 Å². The highest BCUT2D eigenvalue weighted by Crippen LogP contribution is 2.30. The van der Waals surface area contributed by atoms with Crippen LogP contribution >= 0.6 is 15.9 Å². The molecule has 0 spiro atoms. The summed E-state index contributed by atoms with van der Waals surface area (Å²) in [5.74, 6) is -5.33. The molecule has 0 radical (unpaired) electrons. The maximum absolute atomic E-state index is 13.6. The summed E-state index contributed by atoms with van der Waals surface area (Å²) in [4.78, 5) is 0. The van der Waals surface area contributed by atoms with Gasteiger partial charge in [-0.05, 0) is 54.2 Å². The minimum absolute atomic E-state index is 0.00252. The number of rotatable bonds is 2. The Hall–Kier alpha value is -0.620. The second-order valence-corrected chi connectivity index (χ2v) is 5.26. The largest absolute Gasteiger partial charge is 0.316 e. The summed E-state index contributed by atoms with van der Waals surface area (Å²) in [5.41, 5.74) is -0.498. The standard InChI is InChI=1S/C12H12BrF4N/c13-8-11(16)9(14)7(10(15)12(8)17)4-6-2-1-3-18-5-6/h6,18H,1-5H2. The van der Waals surface area contributed by atoms with Crippen LogP contribution in [-0.2, 0) is 6.42 Å². The van der Waals surface area contributed by atoms with Gasteiger partial charge in [-0.3, -0.25) is 0 Å². The zero-order valence-corrected chi connectivity index (χ0v) is 11.1. The van der Waals surface area contributed by atoms with Gasteiger partial charge in [-0.15, -0.1) is 0 Å². The molecule has 1 aromatic carbocycles. The topological polar surface area (TPSA) is 12.0 Å². The molecule has 1 N–H and O–H groups in total. The van der Waals surface area contributed by atoms with Gasteiger partial charge in [0.1, 0.15) is 0 Å². The Morgan fingerprint density at radius 3 is 2.17 bits per heavy atom. The highest BCUT2D eigenvalue weighted by atomic mass is 79.9. The molecule has 1 unspecified atom stereocenters. The SMILES string of the molecule is Fc1c(F)c(CC2CCCNC2)c(F)c(F)c1Br. The molecular formula is C12H12BrF4N. The van der Waals surface area contributed by atoms with E-state index < -0.39 is 33.3 Å². The number of hydrogen-bond acceptors (Lipinski definition) is 1. The van der Waals surface area contributed by atoms with Crippen LogP contribution in [0, 0.1) is 29.2 Å². The summed E-state index contributed by atoms with van der Waals surface area (Å²) in [6.07, 6.45) is 1.70. The average molecular weight is 326 g/mol. The third-order valence-corrected chi connectivity index (χ3v) is 3.89. The van der Waals surface area contributed by atoms with Crippen molar-refractivity contribution in [1.82, 2.24) is 5.32 Å². The summed E-state index contributed by atoms with van der Waals surface area (Å²) in [5, 5.41) is 3.09. The first-order valence-electron chi connectivity index (χ1n) is 5.73. The third kappa shape index (κ3) is 2.54. The second-order valence-electron chi connectivity index (χ2n) is 4.46. The Morgan fingerprint density at radius 2 is 1.67 bits per heavy atom. The molecule has 1 aliphatic heterocycles. The molecular weight excluding hydrogens is 314 g/mol. The van der Waals surface area contributed by atoms with Crippen molar-refractivity contribution in [3.05, 3.63) is 33.3 Å². The van der Waals surface area contributed by atoms with Gasteiger partial charge in [0.05, 0.1) is 4.47 Å². The lowest BCUT2D eigenvalue weighted by atomic mass is 9.92. The molecule has 1 aromatic rings. The van der Waals surface area contributed by atoms with Crippen molar-refractivity contribution in [3.8, 4) is 0 Å². The molecule has 6 heteroatoms. The Balaban J connectivity index is 2.32. The zero-order valence-electron chi connectivity index (χ0n) is 9.50. The van der Waals surface area contributed by atoms with E-state index in [9.17, 15) is 17.6 Å². The molecule has 2 rings (SSSR count).